The lowest BCUT2D eigenvalue weighted by Crippen LogP contribution is -2.46. The number of hydrogen-bond donors (Lipinski definition) is 2. The highest BCUT2D eigenvalue weighted by atomic mass is 32.2. The van der Waals surface area contributed by atoms with E-state index in [1.165, 1.54) is 5.69 Å². The maximum absolute atomic E-state index is 12.0. The number of benzene rings is 2. The first kappa shape index (κ1) is 21.2. The molecule has 30 heavy (non-hydrogen) atoms. The first-order chi connectivity index (χ1) is 14.6. The fourth-order valence-corrected chi connectivity index (χ4v) is 5.18. The highest BCUT2D eigenvalue weighted by Crippen LogP contribution is 2.31. The molecule has 0 saturated carbocycles. The van der Waals surface area contributed by atoms with Gasteiger partial charge in [0.2, 0.25) is 0 Å². The molecular formula is C23H29N3O3S. The van der Waals surface area contributed by atoms with E-state index in [0.29, 0.717) is 17.0 Å². The minimum absolute atomic E-state index is 0.00844. The van der Waals surface area contributed by atoms with E-state index in [-0.39, 0.29) is 11.7 Å². The van der Waals surface area contributed by atoms with Gasteiger partial charge in [0.05, 0.1) is 11.8 Å². The van der Waals surface area contributed by atoms with Gasteiger partial charge >= 0.3 is 0 Å². The Labute approximate surface area is 181 Å². The molecule has 0 aromatic heterocycles. The Balaban J connectivity index is 1.19. The summed E-state index contributed by atoms with van der Waals surface area (Å²) in [5.74, 6) is -0.228. The van der Waals surface area contributed by atoms with Crippen molar-refractivity contribution in [1.29, 1.82) is 0 Å². The predicted octanol–water partition coefficient (Wildman–Crippen LogP) is 2.77. The molecule has 2 unspecified atom stereocenters. The number of hydrogen-bond acceptors (Lipinski definition) is 5. The van der Waals surface area contributed by atoms with E-state index in [4.69, 9.17) is 0 Å². The SMILES string of the molecule is O=C1C[S+]([O-])c2ccc(C(O)CCCCN3CCN(c4ccccc4)CC3)cc2N1. The molecule has 4 rings (SSSR count). The summed E-state index contributed by atoms with van der Waals surface area (Å²) in [4.78, 5) is 17.2. The summed E-state index contributed by atoms with van der Waals surface area (Å²) in [6, 6.07) is 15.9. The van der Waals surface area contributed by atoms with Crippen molar-refractivity contribution in [3.8, 4) is 0 Å². The Morgan fingerprint density at radius 1 is 1.07 bits per heavy atom. The zero-order chi connectivity index (χ0) is 20.9. The quantitative estimate of drug-likeness (QED) is 0.525. The second-order valence-electron chi connectivity index (χ2n) is 7.97. The number of anilines is 2. The van der Waals surface area contributed by atoms with Gasteiger partial charge in [-0.25, -0.2) is 0 Å². The van der Waals surface area contributed by atoms with Crippen molar-refractivity contribution in [2.24, 2.45) is 0 Å². The van der Waals surface area contributed by atoms with Gasteiger partial charge in [-0.3, -0.25) is 9.69 Å². The average Bonchev–Trinajstić information content (AvgIpc) is 2.77. The van der Waals surface area contributed by atoms with E-state index in [2.05, 4.69) is 45.4 Å². The van der Waals surface area contributed by atoms with E-state index in [9.17, 15) is 14.5 Å². The van der Waals surface area contributed by atoms with Crippen molar-refractivity contribution in [3.05, 3.63) is 54.1 Å². The Kier molecular flexibility index (Phi) is 6.94. The van der Waals surface area contributed by atoms with Crippen LogP contribution < -0.4 is 10.2 Å². The molecule has 0 aliphatic carbocycles. The van der Waals surface area contributed by atoms with Crippen LogP contribution >= 0.6 is 0 Å². The lowest BCUT2D eigenvalue weighted by molar-refractivity contribution is -0.114. The molecule has 0 bridgehead atoms. The predicted molar refractivity (Wildman–Crippen MR) is 120 cm³/mol. The van der Waals surface area contributed by atoms with Gasteiger partial charge in [-0.05, 0) is 66.8 Å². The molecule has 1 amide bonds. The molecule has 0 spiro atoms. The zero-order valence-corrected chi connectivity index (χ0v) is 17.9. The fourth-order valence-electron chi connectivity index (χ4n) is 4.14. The number of aliphatic hydroxyl groups is 1. The van der Waals surface area contributed by atoms with Crippen LogP contribution in [0.1, 0.15) is 30.9 Å². The molecule has 2 aliphatic heterocycles. The molecule has 1 saturated heterocycles. The highest BCUT2D eigenvalue weighted by Gasteiger charge is 2.27. The normalized spacial score (nSPS) is 20.5. The minimum Gasteiger partial charge on any atom is -0.611 e. The van der Waals surface area contributed by atoms with Gasteiger partial charge in [0.15, 0.2) is 10.6 Å². The monoisotopic (exact) mass is 427 g/mol. The number of fused-ring (bicyclic) bond motifs is 1. The number of rotatable bonds is 7. The molecule has 2 atom stereocenters. The summed E-state index contributed by atoms with van der Waals surface area (Å²) in [7, 11) is 0. The minimum atomic E-state index is -1.29. The van der Waals surface area contributed by atoms with Crippen LogP contribution in [0.2, 0.25) is 0 Å². The Bertz CT molecular complexity index is 856. The standard InChI is InChI=1S/C23H29N3O3S/c27-21(18-9-10-22-20(16-18)24-23(28)17-30(22)29)8-4-5-11-25-12-14-26(15-13-25)19-6-2-1-3-7-19/h1-3,6-7,9-10,16,21,27H,4-5,8,11-15,17H2,(H,24,28). The maximum Gasteiger partial charge on any atom is 0.274 e. The topological polar surface area (TPSA) is 78.9 Å². The first-order valence-electron chi connectivity index (χ1n) is 10.6. The molecule has 2 aromatic rings. The van der Waals surface area contributed by atoms with Crippen molar-refractivity contribution in [3.63, 3.8) is 0 Å². The number of nitrogens with zero attached hydrogens (tertiary/aromatic N) is 2. The van der Waals surface area contributed by atoms with E-state index < -0.39 is 17.3 Å². The zero-order valence-electron chi connectivity index (χ0n) is 17.1. The third-order valence-corrected chi connectivity index (χ3v) is 7.24. The van der Waals surface area contributed by atoms with Crippen LogP contribution in [0, 0.1) is 0 Å². The Morgan fingerprint density at radius 3 is 2.60 bits per heavy atom. The van der Waals surface area contributed by atoms with Gasteiger partial charge < -0.3 is 19.9 Å². The Morgan fingerprint density at radius 2 is 1.83 bits per heavy atom. The third kappa shape index (κ3) is 5.16. The summed E-state index contributed by atoms with van der Waals surface area (Å²) in [6.07, 6.45) is 2.10. The van der Waals surface area contributed by atoms with Crippen molar-refractivity contribution in [2.75, 3.05) is 48.7 Å². The van der Waals surface area contributed by atoms with Gasteiger partial charge in [-0.1, -0.05) is 24.3 Å². The van der Waals surface area contributed by atoms with Crippen molar-refractivity contribution in [2.45, 2.75) is 30.3 Å². The first-order valence-corrected chi connectivity index (χ1v) is 11.9. The van der Waals surface area contributed by atoms with Crippen LogP contribution in [0.4, 0.5) is 11.4 Å². The number of nitrogens with one attached hydrogen (secondary N) is 1. The molecular weight excluding hydrogens is 398 g/mol. The largest absolute Gasteiger partial charge is 0.611 e. The molecule has 2 heterocycles. The Hall–Kier alpha value is -2.06. The third-order valence-electron chi connectivity index (χ3n) is 5.87. The number of amides is 1. The molecule has 2 aromatic carbocycles. The van der Waals surface area contributed by atoms with Gasteiger partial charge in [0.25, 0.3) is 5.91 Å². The van der Waals surface area contributed by atoms with Crippen molar-refractivity contribution in [1.82, 2.24) is 4.90 Å². The number of carbonyl (C=O) groups excluding carboxylic acids is 1. The summed E-state index contributed by atoms with van der Waals surface area (Å²) < 4.78 is 12.0. The summed E-state index contributed by atoms with van der Waals surface area (Å²) >= 11 is -1.29. The van der Waals surface area contributed by atoms with Crippen LogP contribution in [0.3, 0.4) is 0 Å². The molecule has 2 N–H and O–H groups in total. The number of para-hydroxylation sites is 1. The van der Waals surface area contributed by atoms with Crippen LogP contribution in [0.15, 0.2) is 53.4 Å². The van der Waals surface area contributed by atoms with Crippen LogP contribution in [0.5, 0.6) is 0 Å². The highest BCUT2D eigenvalue weighted by molar-refractivity contribution is 7.92. The van der Waals surface area contributed by atoms with Gasteiger partial charge in [0, 0.05) is 31.9 Å². The molecule has 7 heteroatoms. The van der Waals surface area contributed by atoms with E-state index in [0.717, 1.165) is 51.1 Å². The fraction of sp³-hybridized carbons (Fsp3) is 0.435. The van der Waals surface area contributed by atoms with Crippen LogP contribution in [-0.4, -0.2) is 58.9 Å². The second-order valence-corrected chi connectivity index (χ2v) is 9.39. The van der Waals surface area contributed by atoms with Crippen molar-refractivity contribution < 1.29 is 14.5 Å². The second kappa shape index (κ2) is 9.83. The van der Waals surface area contributed by atoms with Crippen LogP contribution in [0.25, 0.3) is 0 Å². The number of carbonyl (C=O) groups is 1. The molecule has 0 radical (unpaired) electrons. The van der Waals surface area contributed by atoms with Gasteiger partial charge in [0.1, 0.15) is 0 Å². The summed E-state index contributed by atoms with van der Waals surface area (Å²) in [5, 5.41) is 13.3. The molecule has 6 nitrogen and oxygen atoms in total. The molecule has 2 aliphatic rings. The van der Waals surface area contributed by atoms with Crippen molar-refractivity contribution >= 4 is 28.5 Å². The lowest BCUT2D eigenvalue weighted by Gasteiger charge is -2.36. The number of unbranched alkanes of at least 4 members (excludes halogenated alkanes) is 1. The summed E-state index contributed by atoms with van der Waals surface area (Å²) in [5.41, 5.74) is 2.63. The van der Waals surface area contributed by atoms with E-state index in [1.807, 2.05) is 6.07 Å². The smallest absolute Gasteiger partial charge is 0.274 e. The number of aliphatic hydroxyl groups excluding tert-OH is 1. The maximum atomic E-state index is 12.0. The number of piperazine rings is 1. The van der Waals surface area contributed by atoms with E-state index in [1.54, 1.807) is 12.1 Å². The average molecular weight is 428 g/mol. The van der Waals surface area contributed by atoms with Crippen LogP contribution in [-0.2, 0) is 16.0 Å². The summed E-state index contributed by atoms with van der Waals surface area (Å²) in [6.45, 7) is 5.29. The molecule has 1 fully saturated rings. The van der Waals surface area contributed by atoms with Gasteiger partial charge in [-0.15, -0.1) is 0 Å². The van der Waals surface area contributed by atoms with E-state index >= 15 is 0 Å². The lowest BCUT2D eigenvalue weighted by atomic mass is 10.0. The molecule has 160 valence electrons. The van der Waals surface area contributed by atoms with Gasteiger partial charge in [-0.2, -0.15) is 0 Å².